The Morgan fingerprint density at radius 1 is 1.13 bits per heavy atom. The maximum absolute atomic E-state index is 12.2. The first-order valence-electron chi connectivity index (χ1n) is 9.74. The molecule has 0 amide bonds. The van der Waals surface area contributed by atoms with Crippen molar-refractivity contribution in [3.05, 3.63) is 23.3 Å². The van der Waals surface area contributed by atoms with Crippen LogP contribution in [0.15, 0.2) is 23.3 Å². The maximum Gasteiger partial charge on any atom is 0.133 e. The quantitative estimate of drug-likeness (QED) is 0.606. The van der Waals surface area contributed by atoms with Gasteiger partial charge in [-0.25, -0.2) is 0 Å². The summed E-state index contributed by atoms with van der Waals surface area (Å²) in [5, 5.41) is 0. The van der Waals surface area contributed by atoms with E-state index in [1.165, 1.54) is 38.5 Å². The molecule has 0 aromatic carbocycles. The fraction of sp³-hybridized carbons (Fsp3) is 0.773. The van der Waals surface area contributed by atoms with Crippen LogP contribution >= 0.6 is 0 Å². The minimum absolute atomic E-state index is 0.287. The first kappa shape index (κ1) is 15.7. The van der Waals surface area contributed by atoms with Crippen LogP contribution in [0.4, 0.5) is 0 Å². The highest BCUT2D eigenvalue weighted by Gasteiger charge is 2.58. The highest BCUT2D eigenvalue weighted by Crippen LogP contribution is 2.65. The van der Waals surface area contributed by atoms with Crippen molar-refractivity contribution in [1.82, 2.24) is 0 Å². The number of ketones is 1. The lowest BCUT2D eigenvalue weighted by molar-refractivity contribution is -0.127. The largest absolute Gasteiger partial charge is 0.300 e. The van der Waals surface area contributed by atoms with Crippen molar-refractivity contribution in [1.29, 1.82) is 0 Å². The molecule has 6 atom stereocenters. The predicted octanol–water partition coefficient (Wildman–Crippen LogP) is 5.71. The van der Waals surface area contributed by atoms with Crippen LogP contribution < -0.4 is 0 Å². The minimum atomic E-state index is 0.287. The number of fused-ring (bicyclic) bond motifs is 5. The van der Waals surface area contributed by atoms with Gasteiger partial charge in [0.2, 0.25) is 0 Å². The van der Waals surface area contributed by atoms with E-state index in [-0.39, 0.29) is 5.41 Å². The van der Waals surface area contributed by atoms with Crippen LogP contribution in [-0.2, 0) is 4.79 Å². The molecule has 0 spiro atoms. The van der Waals surface area contributed by atoms with E-state index >= 15 is 0 Å². The highest BCUT2D eigenvalue weighted by molar-refractivity contribution is 5.79. The molecule has 1 nitrogen and oxygen atoms in total. The average Bonchev–Trinajstić information content (AvgIpc) is 2.85. The van der Waals surface area contributed by atoms with Gasteiger partial charge in [-0.15, -0.1) is 0 Å². The third-order valence-corrected chi connectivity index (χ3v) is 8.46. The van der Waals surface area contributed by atoms with Gasteiger partial charge in [0.15, 0.2) is 0 Å². The average molecular weight is 312 g/mol. The SMILES string of the molecule is CC(=O)C1CCC2C3CC=C4C=C(C)CCC4(C)C3CCC12C. The number of Topliss-reactive ketones (excluding diaryl/α,β-unsaturated/α-hetero) is 1. The zero-order valence-electron chi connectivity index (χ0n) is 15.3. The van der Waals surface area contributed by atoms with E-state index in [0.717, 1.165) is 24.2 Å². The molecule has 0 N–H and O–H groups in total. The summed E-state index contributed by atoms with van der Waals surface area (Å²) in [7, 11) is 0. The first-order chi connectivity index (χ1) is 10.9. The van der Waals surface area contributed by atoms with Crippen molar-refractivity contribution >= 4 is 5.78 Å². The van der Waals surface area contributed by atoms with Crippen LogP contribution in [0.5, 0.6) is 0 Å². The molecule has 0 heterocycles. The van der Waals surface area contributed by atoms with Gasteiger partial charge < -0.3 is 0 Å². The molecule has 1 heteroatoms. The first-order valence-corrected chi connectivity index (χ1v) is 9.74. The summed E-state index contributed by atoms with van der Waals surface area (Å²) in [5.74, 6) is 3.22. The molecule has 0 saturated heterocycles. The van der Waals surface area contributed by atoms with Crippen LogP contribution in [0.2, 0.25) is 0 Å². The molecule has 23 heavy (non-hydrogen) atoms. The Morgan fingerprint density at radius 3 is 2.65 bits per heavy atom. The Kier molecular flexibility index (Phi) is 3.45. The Labute approximate surface area is 141 Å². The molecular formula is C22H32O. The summed E-state index contributed by atoms with van der Waals surface area (Å²) < 4.78 is 0. The zero-order chi connectivity index (χ0) is 16.4. The maximum atomic E-state index is 12.2. The molecule has 2 saturated carbocycles. The lowest BCUT2D eigenvalue weighted by atomic mass is 9.48. The molecule has 0 aromatic heterocycles. The van der Waals surface area contributed by atoms with Gasteiger partial charge in [0.25, 0.3) is 0 Å². The van der Waals surface area contributed by atoms with E-state index in [1.54, 1.807) is 11.1 Å². The Hall–Kier alpha value is -0.850. The second-order valence-electron chi connectivity index (χ2n) is 9.47. The predicted molar refractivity (Wildman–Crippen MR) is 95.0 cm³/mol. The number of rotatable bonds is 1. The van der Waals surface area contributed by atoms with Crippen molar-refractivity contribution < 1.29 is 4.79 Å². The monoisotopic (exact) mass is 312 g/mol. The van der Waals surface area contributed by atoms with Crippen LogP contribution in [0.3, 0.4) is 0 Å². The van der Waals surface area contributed by atoms with Gasteiger partial charge in [0, 0.05) is 5.92 Å². The summed E-state index contributed by atoms with van der Waals surface area (Å²) >= 11 is 0. The number of carbonyl (C=O) groups excluding carboxylic acids is 1. The van der Waals surface area contributed by atoms with Crippen LogP contribution in [0.25, 0.3) is 0 Å². The van der Waals surface area contributed by atoms with Crippen molar-refractivity contribution in [3.63, 3.8) is 0 Å². The van der Waals surface area contributed by atoms with Gasteiger partial charge in [-0.05, 0) is 93.0 Å². The number of hydrogen-bond acceptors (Lipinski definition) is 1. The molecule has 4 aliphatic rings. The Balaban J connectivity index is 1.69. The van der Waals surface area contributed by atoms with Crippen molar-refractivity contribution in [2.75, 3.05) is 0 Å². The topological polar surface area (TPSA) is 17.1 Å². The zero-order valence-corrected chi connectivity index (χ0v) is 15.3. The summed E-state index contributed by atoms with van der Waals surface area (Å²) in [6.07, 6.45) is 14.0. The van der Waals surface area contributed by atoms with E-state index in [1.807, 2.05) is 6.92 Å². The minimum Gasteiger partial charge on any atom is -0.300 e. The molecule has 126 valence electrons. The fourth-order valence-corrected chi connectivity index (χ4v) is 7.13. The van der Waals surface area contributed by atoms with Crippen LogP contribution in [0, 0.1) is 34.5 Å². The van der Waals surface area contributed by atoms with Gasteiger partial charge in [0.05, 0.1) is 0 Å². The molecule has 2 fully saturated rings. The van der Waals surface area contributed by atoms with Crippen LogP contribution in [0.1, 0.15) is 72.6 Å². The van der Waals surface area contributed by atoms with E-state index in [9.17, 15) is 4.79 Å². The van der Waals surface area contributed by atoms with Crippen molar-refractivity contribution in [3.8, 4) is 0 Å². The molecule has 0 radical (unpaired) electrons. The van der Waals surface area contributed by atoms with Crippen molar-refractivity contribution in [2.45, 2.75) is 72.6 Å². The lowest BCUT2D eigenvalue weighted by Crippen LogP contribution is -2.49. The van der Waals surface area contributed by atoms with E-state index in [4.69, 9.17) is 0 Å². The van der Waals surface area contributed by atoms with Gasteiger partial charge in [-0.3, -0.25) is 4.79 Å². The van der Waals surface area contributed by atoms with Gasteiger partial charge in [0.1, 0.15) is 5.78 Å². The highest BCUT2D eigenvalue weighted by atomic mass is 16.1. The Bertz CT molecular complexity index is 597. The van der Waals surface area contributed by atoms with Gasteiger partial charge in [-0.1, -0.05) is 31.6 Å². The molecule has 0 aromatic rings. The van der Waals surface area contributed by atoms with Gasteiger partial charge in [-0.2, -0.15) is 0 Å². The fourth-order valence-electron chi connectivity index (χ4n) is 7.13. The standard InChI is InChI=1S/C22H32O/c1-14-9-11-21(3)16(13-14)5-6-17-19-8-7-18(15(2)23)22(19,4)12-10-20(17)21/h5,13,17-20H,6-12H2,1-4H3. The third kappa shape index (κ3) is 2.07. The number of allylic oxidation sites excluding steroid dienone is 4. The molecular weight excluding hydrogens is 280 g/mol. The summed E-state index contributed by atoms with van der Waals surface area (Å²) in [6.45, 7) is 9.11. The molecule has 4 aliphatic carbocycles. The number of hydrogen-bond donors (Lipinski definition) is 0. The lowest BCUT2D eigenvalue weighted by Gasteiger charge is -2.57. The van der Waals surface area contributed by atoms with Crippen molar-refractivity contribution in [2.24, 2.45) is 34.5 Å². The van der Waals surface area contributed by atoms with Gasteiger partial charge >= 0.3 is 0 Å². The van der Waals surface area contributed by atoms with E-state index in [0.29, 0.717) is 17.1 Å². The Morgan fingerprint density at radius 2 is 1.91 bits per heavy atom. The van der Waals surface area contributed by atoms with Crippen LogP contribution in [-0.4, -0.2) is 5.78 Å². The van der Waals surface area contributed by atoms with E-state index in [2.05, 4.69) is 32.9 Å². The smallest absolute Gasteiger partial charge is 0.133 e. The summed E-state index contributed by atoms with van der Waals surface area (Å²) in [5.41, 5.74) is 3.88. The second-order valence-corrected chi connectivity index (χ2v) is 9.47. The normalized spacial score (nSPS) is 48.7. The summed E-state index contributed by atoms with van der Waals surface area (Å²) in [6, 6.07) is 0. The molecule has 4 rings (SSSR count). The summed E-state index contributed by atoms with van der Waals surface area (Å²) in [4.78, 5) is 12.2. The molecule has 0 bridgehead atoms. The van der Waals surface area contributed by atoms with E-state index < -0.39 is 0 Å². The third-order valence-electron chi connectivity index (χ3n) is 8.46. The molecule has 0 aliphatic heterocycles. The second kappa shape index (κ2) is 5.07. The number of carbonyl (C=O) groups is 1. The molecule has 6 unspecified atom stereocenters.